The summed E-state index contributed by atoms with van der Waals surface area (Å²) in [7, 11) is 3.62. The van der Waals surface area contributed by atoms with Gasteiger partial charge in [0.1, 0.15) is 35.1 Å². The van der Waals surface area contributed by atoms with E-state index in [0.29, 0.717) is 23.9 Å². The van der Waals surface area contributed by atoms with Gasteiger partial charge in [-0.3, -0.25) is 4.98 Å². The molecule has 10 nitrogen and oxygen atoms in total. The van der Waals surface area contributed by atoms with Crippen molar-refractivity contribution < 1.29 is 19.0 Å². The van der Waals surface area contributed by atoms with Crippen LogP contribution in [0, 0.1) is 5.82 Å². The standard InChI is InChI=1S/C32H36FN7O3/c1-39-15-11-22(12-16-39)43-23-8-9-26(35-18-23)24-19-36-30(17-27(24)40-14-4-5-21(41)20-40)37-29-10-13-34-32(38-29)31-25(33)6-3-7-28(31)42-2/h3,6-10,13,17-19,21-22,41H,4-5,11-12,14-16,20H2,1-2H3,(H,34,36,37,38)/t21-/m0/s1. The number of likely N-dealkylation sites (tertiary alicyclic amines) is 1. The number of aromatic nitrogens is 4. The summed E-state index contributed by atoms with van der Waals surface area (Å²) in [6.45, 7) is 3.37. The number of aliphatic hydroxyl groups excluding tert-OH is 1. The first-order valence-corrected chi connectivity index (χ1v) is 14.6. The molecule has 224 valence electrons. The Morgan fingerprint density at radius 3 is 2.60 bits per heavy atom. The molecule has 4 aromatic rings. The van der Waals surface area contributed by atoms with Crippen LogP contribution in [0.1, 0.15) is 25.7 Å². The summed E-state index contributed by atoms with van der Waals surface area (Å²) in [5, 5.41) is 13.7. The van der Waals surface area contributed by atoms with Crippen molar-refractivity contribution in [3.8, 4) is 34.1 Å². The van der Waals surface area contributed by atoms with Gasteiger partial charge in [0, 0.05) is 50.2 Å². The molecule has 2 aliphatic rings. The molecule has 0 aliphatic carbocycles. The van der Waals surface area contributed by atoms with Crippen LogP contribution < -0.4 is 19.7 Å². The number of ether oxygens (including phenoxy) is 2. The van der Waals surface area contributed by atoms with E-state index in [1.54, 1.807) is 36.8 Å². The first kappa shape index (κ1) is 28.8. The Morgan fingerprint density at radius 1 is 0.977 bits per heavy atom. The highest BCUT2D eigenvalue weighted by atomic mass is 19.1. The molecule has 1 atom stereocenters. The number of nitrogens with zero attached hydrogens (tertiary/aromatic N) is 6. The number of halogens is 1. The zero-order valence-corrected chi connectivity index (χ0v) is 24.4. The molecule has 0 saturated carbocycles. The minimum atomic E-state index is -0.472. The minimum Gasteiger partial charge on any atom is -0.496 e. The van der Waals surface area contributed by atoms with Crippen LogP contribution in [-0.2, 0) is 0 Å². The monoisotopic (exact) mass is 585 g/mol. The average Bonchev–Trinajstić information content (AvgIpc) is 3.02. The number of rotatable bonds is 8. The molecule has 0 amide bonds. The third kappa shape index (κ3) is 6.68. The number of hydrogen-bond acceptors (Lipinski definition) is 10. The topological polar surface area (TPSA) is 109 Å². The van der Waals surface area contributed by atoms with Crippen LogP contribution in [0.15, 0.2) is 61.1 Å². The molecule has 11 heteroatoms. The van der Waals surface area contributed by atoms with E-state index in [2.05, 4.69) is 37.1 Å². The number of benzene rings is 1. The molecule has 0 radical (unpaired) electrons. The lowest BCUT2D eigenvalue weighted by Gasteiger charge is -2.33. The van der Waals surface area contributed by atoms with Crippen molar-refractivity contribution in [2.75, 3.05) is 50.6 Å². The van der Waals surface area contributed by atoms with Gasteiger partial charge in [-0.2, -0.15) is 0 Å². The highest BCUT2D eigenvalue weighted by Gasteiger charge is 2.23. The summed E-state index contributed by atoms with van der Waals surface area (Å²) >= 11 is 0. The van der Waals surface area contributed by atoms with Gasteiger partial charge in [-0.1, -0.05) is 6.07 Å². The van der Waals surface area contributed by atoms with Gasteiger partial charge in [0.15, 0.2) is 5.82 Å². The maximum Gasteiger partial charge on any atom is 0.168 e. The smallest absolute Gasteiger partial charge is 0.168 e. The van der Waals surface area contributed by atoms with E-state index in [1.165, 1.54) is 13.2 Å². The second kappa shape index (κ2) is 12.9. The Morgan fingerprint density at radius 2 is 1.84 bits per heavy atom. The van der Waals surface area contributed by atoms with Crippen molar-refractivity contribution in [3.05, 3.63) is 66.9 Å². The Hall–Kier alpha value is -4.35. The average molecular weight is 586 g/mol. The van der Waals surface area contributed by atoms with Crippen molar-refractivity contribution in [2.45, 2.75) is 37.9 Å². The summed E-state index contributed by atoms with van der Waals surface area (Å²) in [5.41, 5.74) is 2.71. The fourth-order valence-electron chi connectivity index (χ4n) is 5.62. The zero-order valence-electron chi connectivity index (χ0n) is 24.4. The van der Waals surface area contributed by atoms with Crippen LogP contribution in [0.5, 0.6) is 11.5 Å². The van der Waals surface area contributed by atoms with Gasteiger partial charge in [0.25, 0.3) is 0 Å². The van der Waals surface area contributed by atoms with Crippen LogP contribution in [-0.4, -0.2) is 82.5 Å². The molecule has 0 bridgehead atoms. The largest absolute Gasteiger partial charge is 0.496 e. The molecular formula is C32H36FN7O3. The molecule has 1 aromatic carbocycles. The minimum absolute atomic E-state index is 0.189. The molecule has 43 heavy (non-hydrogen) atoms. The van der Waals surface area contributed by atoms with Gasteiger partial charge in [-0.05, 0) is 63.1 Å². The number of piperidine rings is 2. The van der Waals surface area contributed by atoms with Crippen molar-refractivity contribution in [1.82, 2.24) is 24.8 Å². The van der Waals surface area contributed by atoms with Gasteiger partial charge < -0.3 is 29.7 Å². The SMILES string of the molecule is COc1cccc(F)c1-c1nccc(Nc2cc(N3CCC[C@H](O)C3)c(-c3ccc(OC4CCN(C)CC4)cn3)cn2)n1. The number of hydrogen-bond donors (Lipinski definition) is 2. The number of anilines is 3. The molecule has 6 rings (SSSR count). The van der Waals surface area contributed by atoms with E-state index in [-0.39, 0.29) is 17.5 Å². The Kier molecular flexibility index (Phi) is 8.62. The first-order chi connectivity index (χ1) is 21.0. The molecule has 0 spiro atoms. The van der Waals surface area contributed by atoms with E-state index in [9.17, 15) is 9.50 Å². The summed E-state index contributed by atoms with van der Waals surface area (Å²) in [6, 6.07) is 12.1. The molecule has 0 unspecified atom stereocenters. The van der Waals surface area contributed by atoms with Gasteiger partial charge in [-0.15, -0.1) is 0 Å². The highest BCUT2D eigenvalue weighted by Crippen LogP contribution is 2.35. The van der Waals surface area contributed by atoms with Crippen LogP contribution in [0.2, 0.25) is 0 Å². The van der Waals surface area contributed by atoms with Crippen LogP contribution in [0.25, 0.3) is 22.6 Å². The summed E-state index contributed by atoms with van der Waals surface area (Å²) in [5.74, 6) is 1.83. The lowest BCUT2D eigenvalue weighted by molar-refractivity contribution is 0.114. The highest BCUT2D eigenvalue weighted by molar-refractivity contribution is 5.79. The van der Waals surface area contributed by atoms with E-state index in [4.69, 9.17) is 14.5 Å². The number of β-amino-alcohol motifs (C(OH)–C–C–N with tert-alkyl or cyclic N) is 1. The maximum absolute atomic E-state index is 14.7. The second-order valence-corrected chi connectivity index (χ2v) is 11.0. The lowest BCUT2D eigenvalue weighted by Crippen LogP contribution is -2.38. The fraction of sp³-hybridized carbons (Fsp3) is 0.375. The number of aliphatic hydroxyl groups is 1. The van der Waals surface area contributed by atoms with E-state index >= 15 is 0 Å². The molecule has 3 aromatic heterocycles. The van der Waals surface area contributed by atoms with Crippen molar-refractivity contribution >= 4 is 17.3 Å². The summed E-state index contributed by atoms with van der Waals surface area (Å²) in [4.78, 5) is 22.7. The molecule has 5 heterocycles. The van der Waals surface area contributed by atoms with E-state index in [1.807, 2.05) is 18.2 Å². The normalized spacial score (nSPS) is 18.0. The van der Waals surface area contributed by atoms with Gasteiger partial charge in [0.05, 0.1) is 36.4 Å². The number of methoxy groups -OCH3 is 1. The molecular weight excluding hydrogens is 549 g/mol. The maximum atomic E-state index is 14.7. The van der Waals surface area contributed by atoms with Crippen molar-refractivity contribution in [2.24, 2.45) is 0 Å². The van der Waals surface area contributed by atoms with Gasteiger partial charge >= 0.3 is 0 Å². The van der Waals surface area contributed by atoms with Crippen LogP contribution in [0.4, 0.5) is 21.7 Å². The third-order valence-electron chi connectivity index (χ3n) is 7.93. The van der Waals surface area contributed by atoms with E-state index < -0.39 is 11.9 Å². The summed E-state index contributed by atoms with van der Waals surface area (Å²) < 4.78 is 26.2. The lowest BCUT2D eigenvalue weighted by atomic mass is 10.0. The fourth-order valence-corrected chi connectivity index (χ4v) is 5.62. The molecule has 2 aliphatic heterocycles. The molecule has 2 N–H and O–H groups in total. The molecule has 2 saturated heterocycles. The Bertz CT molecular complexity index is 1550. The van der Waals surface area contributed by atoms with Crippen LogP contribution >= 0.6 is 0 Å². The number of pyridine rings is 2. The van der Waals surface area contributed by atoms with Crippen molar-refractivity contribution in [1.29, 1.82) is 0 Å². The van der Waals surface area contributed by atoms with Gasteiger partial charge in [-0.25, -0.2) is 19.3 Å². The summed E-state index contributed by atoms with van der Waals surface area (Å²) in [6.07, 6.45) is 8.54. The van der Waals surface area contributed by atoms with Gasteiger partial charge in [0.2, 0.25) is 0 Å². The van der Waals surface area contributed by atoms with E-state index in [0.717, 1.165) is 68.0 Å². The Balaban J connectivity index is 1.27. The quantitative estimate of drug-likeness (QED) is 0.296. The molecule has 2 fully saturated rings. The second-order valence-electron chi connectivity index (χ2n) is 11.0. The predicted octanol–water partition coefficient (Wildman–Crippen LogP) is 4.93. The predicted molar refractivity (Wildman–Crippen MR) is 163 cm³/mol. The number of nitrogens with one attached hydrogen (secondary N) is 1. The Labute approximate surface area is 250 Å². The first-order valence-electron chi connectivity index (χ1n) is 14.6. The van der Waals surface area contributed by atoms with Crippen molar-refractivity contribution in [3.63, 3.8) is 0 Å². The zero-order chi connectivity index (χ0) is 29.8. The third-order valence-corrected chi connectivity index (χ3v) is 7.93. The van der Waals surface area contributed by atoms with Crippen LogP contribution in [0.3, 0.4) is 0 Å².